The molecule has 2 N–H and O–H groups in total. The number of oxazole rings is 1. The van der Waals surface area contributed by atoms with Gasteiger partial charge in [-0.2, -0.15) is 14.4 Å². The van der Waals surface area contributed by atoms with Gasteiger partial charge in [0.15, 0.2) is 11.8 Å². The summed E-state index contributed by atoms with van der Waals surface area (Å²) in [6, 6.07) is 19.9. The summed E-state index contributed by atoms with van der Waals surface area (Å²) >= 11 is 0. The third kappa shape index (κ3) is 6.98. The number of amidine groups is 1. The lowest BCUT2D eigenvalue weighted by Crippen LogP contribution is -2.42. The van der Waals surface area contributed by atoms with Crippen LogP contribution < -0.4 is 15.5 Å². The first-order chi connectivity index (χ1) is 27.9. The van der Waals surface area contributed by atoms with Crippen molar-refractivity contribution in [3.63, 3.8) is 0 Å². The third-order valence-corrected chi connectivity index (χ3v) is 11.1. The van der Waals surface area contributed by atoms with Crippen LogP contribution in [0.2, 0.25) is 0 Å². The number of benzene rings is 2. The molecule has 57 heavy (non-hydrogen) atoms. The Hall–Kier alpha value is -6.50. The molecule has 7 heterocycles. The summed E-state index contributed by atoms with van der Waals surface area (Å²) in [7, 11) is 0. The first-order valence-electron chi connectivity index (χ1n) is 19.8. The Balaban J connectivity index is 1.11. The minimum absolute atomic E-state index is 0.0661. The molecule has 4 aliphatic heterocycles. The zero-order chi connectivity index (χ0) is 38.5. The summed E-state index contributed by atoms with van der Waals surface area (Å²) in [4.78, 5) is 28.0. The molecule has 0 amide bonds. The predicted molar refractivity (Wildman–Crippen MR) is 221 cm³/mol. The minimum Gasteiger partial charge on any atom is -0.446 e. The first kappa shape index (κ1) is 35.0. The Kier molecular flexibility index (Phi) is 8.91. The predicted octanol–water partition coefficient (Wildman–Crippen LogP) is 10.4. The number of nitrogens with one attached hydrogen (secondary N) is 2. The number of aryl methyl sites for hydroxylation is 2. The van der Waals surface area contributed by atoms with Gasteiger partial charge in [0, 0.05) is 42.0 Å². The van der Waals surface area contributed by atoms with Gasteiger partial charge < -0.3 is 28.8 Å². The summed E-state index contributed by atoms with van der Waals surface area (Å²) in [5.41, 5.74) is 7.93. The lowest BCUT2D eigenvalue weighted by molar-refractivity contribution is 0.353. The molecule has 0 atom stereocenters. The Morgan fingerprint density at radius 1 is 0.684 bits per heavy atom. The third-order valence-electron chi connectivity index (χ3n) is 11.1. The summed E-state index contributed by atoms with van der Waals surface area (Å²) in [5, 5.41) is 7.08. The number of anilines is 5. The van der Waals surface area contributed by atoms with Crippen molar-refractivity contribution in [1.82, 2.24) is 9.88 Å². The van der Waals surface area contributed by atoms with Crippen LogP contribution in [0, 0.1) is 19.9 Å². The number of aromatic nitrogens is 1. The molecule has 1 saturated heterocycles. The quantitative estimate of drug-likeness (QED) is 0.152. The number of hydrogen-bond donors (Lipinski definition) is 2. The van der Waals surface area contributed by atoms with E-state index in [1.807, 2.05) is 50.3 Å². The lowest BCUT2D eigenvalue weighted by atomic mass is 9.83. The van der Waals surface area contributed by atoms with Crippen LogP contribution in [0.25, 0.3) is 5.70 Å². The zero-order valence-corrected chi connectivity index (χ0v) is 31.9. The van der Waals surface area contributed by atoms with E-state index in [1.54, 1.807) is 4.90 Å². The maximum Gasteiger partial charge on any atom is 0.298 e. The van der Waals surface area contributed by atoms with Gasteiger partial charge in [-0.3, -0.25) is 0 Å². The lowest BCUT2D eigenvalue weighted by Gasteiger charge is -2.33. The fourth-order valence-electron chi connectivity index (χ4n) is 8.30. The summed E-state index contributed by atoms with van der Waals surface area (Å²) in [6.07, 6.45) is 14.7. The molecule has 0 unspecified atom stereocenters. The second kappa shape index (κ2) is 14.5. The number of piperidine rings is 1. The highest BCUT2D eigenvalue weighted by atomic mass is 19.1. The molecule has 288 valence electrons. The standard InChI is InChI=1S/C44H42FN9O3/c1-26-11-17-39(55-26)47-34-21-29(28-9-5-3-6-10-28)13-15-32(34)36-23-31-24-37(50-44-52-41(42-46-25-38(45)57-42)51-43(49-36)54(31)44)33-16-14-30(53-19-7-4-8-20-53)22-35(33)48-40-18-12-27(2)56-40/h11-18,21-25,28,47-48H,3-10,19-20H2,1-2H3. The minimum atomic E-state index is -0.838. The average Bonchev–Trinajstić information content (AvgIpc) is 3.98. The number of allylic oxidation sites excluding steroid dienone is 2. The van der Waals surface area contributed by atoms with E-state index in [1.165, 1.54) is 44.1 Å². The van der Waals surface area contributed by atoms with Crippen LogP contribution >= 0.6 is 0 Å². The van der Waals surface area contributed by atoms with Gasteiger partial charge in [0.05, 0.1) is 28.5 Å². The van der Waals surface area contributed by atoms with Crippen molar-refractivity contribution in [1.29, 1.82) is 0 Å². The van der Waals surface area contributed by atoms with Crippen LogP contribution in [0.1, 0.15) is 91.4 Å². The van der Waals surface area contributed by atoms with Crippen molar-refractivity contribution >= 4 is 58.0 Å². The van der Waals surface area contributed by atoms with Crippen LogP contribution in [0.5, 0.6) is 0 Å². The van der Waals surface area contributed by atoms with Crippen molar-refractivity contribution in [2.45, 2.75) is 71.1 Å². The van der Waals surface area contributed by atoms with Gasteiger partial charge in [-0.15, -0.1) is 0 Å². The molecule has 2 aromatic carbocycles. The number of nitrogens with zero attached hydrogens (tertiary/aromatic N) is 7. The molecule has 12 nitrogen and oxygen atoms in total. The van der Waals surface area contributed by atoms with Crippen molar-refractivity contribution in [3.8, 4) is 0 Å². The zero-order valence-electron chi connectivity index (χ0n) is 31.9. The Bertz CT molecular complexity index is 2450. The van der Waals surface area contributed by atoms with Crippen molar-refractivity contribution in [2.75, 3.05) is 28.6 Å². The topological polar surface area (TPSA) is 132 Å². The maximum absolute atomic E-state index is 14.2. The van der Waals surface area contributed by atoms with E-state index in [0.717, 1.165) is 77.5 Å². The fraction of sp³-hybridized carbons (Fsp3) is 0.295. The van der Waals surface area contributed by atoms with Crippen LogP contribution in [0.3, 0.4) is 0 Å². The molecule has 0 radical (unpaired) electrons. The Labute approximate surface area is 329 Å². The van der Waals surface area contributed by atoms with E-state index in [4.69, 9.17) is 33.2 Å². The van der Waals surface area contributed by atoms with E-state index in [-0.39, 0.29) is 11.7 Å². The van der Waals surface area contributed by atoms with E-state index in [0.29, 0.717) is 41.0 Å². The van der Waals surface area contributed by atoms with Gasteiger partial charge in [0.2, 0.25) is 17.8 Å². The highest BCUT2D eigenvalue weighted by Crippen LogP contribution is 2.40. The van der Waals surface area contributed by atoms with Crippen LogP contribution in [0.15, 0.2) is 118 Å². The maximum atomic E-state index is 14.2. The smallest absolute Gasteiger partial charge is 0.298 e. The Morgan fingerprint density at radius 3 is 2.09 bits per heavy atom. The van der Waals surface area contributed by atoms with Gasteiger partial charge in [0.1, 0.15) is 17.7 Å². The van der Waals surface area contributed by atoms with Gasteiger partial charge in [-0.25, -0.2) is 19.9 Å². The molecule has 10 rings (SSSR count). The molecule has 5 aromatic rings. The summed E-state index contributed by atoms with van der Waals surface area (Å²) in [5.74, 6) is 3.99. The van der Waals surface area contributed by atoms with Gasteiger partial charge in [0.25, 0.3) is 11.9 Å². The SMILES string of the molecule is Cc1ccc(Nc2cc(N3CCCCC3)ccc2C2=CC3=CC(c4ccc(C5CCCCC5)cc4Nc4ccc(C)o4)=NC4=NC(c5ncc(F)o5)=NC(=N2)N34)o1. The highest BCUT2D eigenvalue weighted by molar-refractivity contribution is 6.26. The number of halogens is 1. The fourth-order valence-corrected chi connectivity index (χ4v) is 8.30. The van der Waals surface area contributed by atoms with Crippen molar-refractivity contribution in [3.05, 3.63) is 125 Å². The number of furan rings is 2. The van der Waals surface area contributed by atoms with E-state index >= 15 is 0 Å². The number of rotatable bonds is 9. The number of hydrogen-bond acceptors (Lipinski definition) is 12. The number of aliphatic imine (C=N–C) groups is 4. The van der Waals surface area contributed by atoms with Crippen LogP contribution in [0.4, 0.5) is 33.2 Å². The summed E-state index contributed by atoms with van der Waals surface area (Å²) in [6.45, 7) is 5.87. The molecular weight excluding hydrogens is 722 g/mol. The highest BCUT2D eigenvalue weighted by Gasteiger charge is 2.35. The summed E-state index contributed by atoms with van der Waals surface area (Å²) < 4.78 is 31.4. The molecule has 13 heteroatoms. The number of guanidine groups is 2. The monoisotopic (exact) mass is 763 g/mol. The van der Waals surface area contributed by atoms with Gasteiger partial charge >= 0.3 is 0 Å². The second-order valence-electron chi connectivity index (χ2n) is 15.1. The molecule has 2 fully saturated rings. The van der Waals surface area contributed by atoms with Gasteiger partial charge in [-0.05, 0) is 106 Å². The Morgan fingerprint density at radius 2 is 1.39 bits per heavy atom. The second-order valence-corrected chi connectivity index (χ2v) is 15.1. The average molecular weight is 764 g/mol. The molecule has 5 aliphatic rings. The van der Waals surface area contributed by atoms with E-state index in [9.17, 15) is 4.39 Å². The molecule has 0 spiro atoms. The molecule has 1 aliphatic carbocycles. The van der Waals surface area contributed by atoms with Crippen molar-refractivity contribution in [2.24, 2.45) is 20.0 Å². The van der Waals surface area contributed by atoms with Crippen molar-refractivity contribution < 1.29 is 17.6 Å². The molecular formula is C44H42FN9O3. The first-order valence-corrected chi connectivity index (χ1v) is 19.8. The molecule has 1 saturated carbocycles. The van der Waals surface area contributed by atoms with Gasteiger partial charge in [-0.1, -0.05) is 31.4 Å². The molecule has 0 bridgehead atoms. The largest absolute Gasteiger partial charge is 0.446 e. The van der Waals surface area contributed by atoms with E-state index < -0.39 is 6.01 Å². The molecule has 3 aromatic heterocycles. The van der Waals surface area contributed by atoms with Crippen LogP contribution in [-0.2, 0) is 0 Å². The van der Waals surface area contributed by atoms with Crippen LogP contribution in [-0.4, -0.2) is 46.4 Å². The normalized spacial score (nSPS) is 18.2. The van der Waals surface area contributed by atoms with E-state index in [2.05, 4.69) is 56.9 Å².